The van der Waals surface area contributed by atoms with Gasteiger partial charge in [0.15, 0.2) is 5.75 Å². The number of fused-ring (bicyclic) bond motifs is 1. The van der Waals surface area contributed by atoms with E-state index in [2.05, 4.69) is 15.9 Å². The molecule has 0 amide bonds. The predicted molar refractivity (Wildman–Crippen MR) is 122 cm³/mol. The third-order valence-corrected chi connectivity index (χ3v) is 6.20. The number of aromatic hydroxyl groups is 1. The molecule has 0 radical (unpaired) electrons. The van der Waals surface area contributed by atoms with Crippen molar-refractivity contribution in [2.75, 3.05) is 0 Å². The molecule has 4 aromatic rings. The molecule has 5 nitrogen and oxygen atoms in total. The highest BCUT2D eigenvalue weighted by atomic mass is 79.9. The Morgan fingerprint density at radius 3 is 2.43 bits per heavy atom. The van der Waals surface area contributed by atoms with Crippen molar-refractivity contribution in [3.05, 3.63) is 85.9 Å². The van der Waals surface area contributed by atoms with Gasteiger partial charge in [0.25, 0.3) is 5.56 Å². The van der Waals surface area contributed by atoms with E-state index in [1.807, 2.05) is 68.4 Å². The Hall–Kier alpha value is -2.77. The highest BCUT2D eigenvalue weighted by molar-refractivity contribution is 9.10. The molecule has 0 aliphatic carbocycles. The van der Waals surface area contributed by atoms with Crippen LogP contribution in [0.4, 0.5) is 0 Å². The summed E-state index contributed by atoms with van der Waals surface area (Å²) in [5.74, 6) is -0.356. The first kappa shape index (κ1) is 20.5. The van der Waals surface area contributed by atoms with E-state index in [0.717, 1.165) is 26.7 Å². The van der Waals surface area contributed by atoms with Crippen LogP contribution in [0.15, 0.2) is 88.9 Å². The van der Waals surface area contributed by atoms with E-state index in [1.165, 1.54) is 0 Å². The van der Waals surface area contributed by atoms with E-state index in [0.29, 0.717) is 5.69 Å². The van der Waals surface area contributed by atoms with Gasteiger partial charge in [-0.3, -0.25) is 4.79 Å². The molecule has 0 unspecified atom stereocenters. The summed E-state index contributed by atoms with van der Waals surface area (Å²) in [5, 5.41) is 10.9. The molecule has 30 heavy (non-hydrogen) atoms. The summed E-state index contributed by atoms with van der Waals surface area (Å²) < 4.78 is 7.93. The Balaban J connectivity index is 1.99. The number of halogens is 1. The zero-order valence-corrected chi connectivity index (χ0v) is 18.7. The quantitative estimate of drug-likeness (QED) is 0.395. The summed E-state index contributed by atoms with van der Waals surface area (Å²) in [6.07, 6.45) is 0. The molecule has 0 aliphatic heterocycles. The van der Waals surface area contributed by atoms with Crippen molar-refractivity contribution >= 4 is 38.7 Å². The molecule has 0 atom stereocenters. The smallest absolute Gasteiger partial charge is 0.354 e. The Labute approximate surface area is 185 Å². The Kier molecular flexibility index (Phi) is 5.58. The van der Waals surface area contributed by atoms with Crippen LogP contribution in [-0.2, 0) is 0 Å². The number of benzene rings is 2. The summed E-state index contributed by atoms with van der Waals surface area (Å²) >= 11 is 4.45. The van der Waals surface area contributed by atoms with Crippen molar-refractivity contribution in [2.24, 2.45) is 0 Å². The number of hydrogen-bond acceptors (Lipinski definition) is 5. The van der Waals surface area contributed by atoms with Crippen LogP contribution in [0.1, 0.15) is 19.9 Å². The zero-order chi connectivity index (χ0) is 21.4. The SMILES string of the molecule is CC(C)n1c(-c2ccccc2)cc2oc(=O)c(Sc3cccc(Br)c3)c(O)c2c1=O. The van der Waals surface area contributed by atoms with Crippen molar-refractivity contribution in [1.82, 2.24) is 4.57 Å². The van der Waals surface area contributed by atoms with E-state index >= 15 is 0 Å². The number of nitrogens with zero attached hydrogens (tertiary/aromatic N) is 1. The van der Waals surface area contributed by atoms with Crippen molar-refractivity contribution in [2.45, 2.75) is 29.7 Å². The van der Waals surface area contributed by atoms with Crippen LogP contribution in [0.5, 0.6) is 5.75 Å². The molecule has 0 saturated carbocycles. The van der Waals surface area contributed by atoms with Gasteiger partial charge in [-0.2, -0.15) is 0 Å². The molecule has 2 aromatic heterocycles. The first-order valence-electron chi connectivity index (χ1n) is 9.31. The fourth-order valence-electron chi connectivity index (χ4n) is 3.34. The second kappa shape index (κ2) is 8.16. The Bertz CT molecular complexity index is 1360. The summed E-state index contributed by atoms with van der Waals surface area (Å²) in [5.41, 5.74) is 0.416. The number of rotatable bonds is 4. The molecule has 0 fully saturated rings. The molecule has 0 aliphatic rings. The van der Waals surface area contributed by atoms with Gasteiger partial charge in [0.2, 0.25) is 0 Å². The van der Waals surface area contributed by atoms with Gasteiger partial charge in [-0.1, -0.05) is 64.1 Å². The first-order valence-corrected chi connectivity index (χ1v) is 10.9. The third-order valence-electron chi connectivity index (χ3n) is 4.65. The average Bonchev–Trinajstić information content (AvgIpc) is 2.71. The normalized spacial score (nSPS) is 11.3. The van der Waals surface area contributed by atoms with Crippen molar-refractivity contribution in [3.63, 3.8) is 0 Å². The van der Waals surface area contributed by atoms with Crippen LogP contribution in [0.2, 0.25) is 0 Å². The molecule has 7 heteroatoms. The van der Waals surface area contributed by atoms with Crippen LogP contribution in [0, 0.1) is 0 Å². The summed E-state index contributed by atoms with van der Waals surface area (Å²) in [4.78, 5) is 26.8. The first-order chi connectivity index (χ1) is 14.4. The molecule has 2 aromatic carbocycles. The highest BCUT2D eigenvalue weighted by Gasteiger charge is 2.22. The minimum atomic E-state index is -0.689. The second-order valence-electron chi connectivity index (χ2n) is 7.03. The number of aromatic nitrogens is 1. The van der Waals surface area contributed by atoms with Gasteiger partial charge in [0, 0.05) is 21.5 Å². The van der Waals surface area contributed by atoms with Gasteiger partial charge < -0.3 is 14.1 Å². The summed E-state index contributed by atoms with van der Waals surface area (Å²) in [6, 6.07) is 18.2. The number of pyridine rings is 1. The maximum Gasteiger partial charge on any atom is 0.354 e. The minimum absolute atomic E-state index is 0.000443. The monoisotopic (exact) mass is 483 g/mol. The van der Waals surface area contributed by atoms with Crippen LogP contribution in [0.25, 0.3) is 22.2 Å². The molecule has 152 valence electrons. The van der Waals surface area contributed by atoms with Crippen LogP contribution >= 0.6 is 27.7 Å². The van der Waals surface area contributed by atoms with E-state index in [4.69, 9.17) is 4.42 Å². The standard InChI is InChI=1S/C23H18BrNO4S/c1-13(2)25-17(14-7-4-3-5-8-14)12-18-19(22(25)27)20(26)21(23(28)29-18)30-16-10-6-9-15(24)11-16/h3-13,26H,1-2H3. The second-order valence-corrected chi connectivity index (χ2v) is 9.03. The van der Waals surface area contributed by atoms with Crippen molar-refractivity contribution in [1.29, 1.82) is 0 Å². The fourth-order valence-corrected chi connectivity index (χ4v) is 4.78. The van der Waals surface area contributed by atoms with Gasteiger partial charge in [-0.15, -0.1) is 0 Å². The lowest BCUT2D eigenvalue weighted by atomic mass is 10.1. The third kappa shape index (κ3) is 3.70. The molecule has 0 saturated heterocycles. The van der Waals surface area contributed by atoms with E-state index < -0.39 is 11.2 Å². The molecule has 0 bridgehead atoms. The topological polar surface area (TPSA) is 72.4 Å². The van der Waals surface area contributed by atoms with Crippen LogP contribution in [0.3, 0.4) is 0 Å². The van der Waals surface area contributed by atoms with E-state index in [9.17, 15) is 14.7 Å². The van der Waals surface area contributed by atoms with Crippen LogP contribution in [-0.4, -0.2) is 9.67 Å². The van der Waals surface area contributed by atoms with Gasteiger partial charge in [-0.05, 0) is 37.6 Å². The van der Waals surface area contributed by atoms with E-state index in [-0.39, 0.29) is 27.7 Å². The molecule has 0 spiro atoms. The lowest BCUT2D eigenvalue weighted by Gasteiger charge is -2.18. The Morgan fingerprint density at radius 1 is 1.03 bits per heavy atom. The largest absolute Gasteiger partial charge is 0.505 e. The van der Waals surface area contributed by atoms with E-state index in [1.54, 1.807) is 10.6 Å². The number of hydrogen-bond donors (Lipinski definition) is 1. The molecule has 1 N–H and O–H groups in total. The molecule has 4 rings (SSSR count). The van der Waals surface area contributed by atoms with Crippen molar-refractivity contribution in [3.8, 4) is 17.0 Å². The minimum Gasteiger partial charge on any atom is -0.505 e. The maximum absolute atomic E-state index is 13.4. The lowest BCUT2D eigenvalue weighted by Crippen LogP contribution is -2.24. The summed E-state index contributed by atoms with van der Waals surface area (Å²) in [6.45, 7) is 3.79. The van der Waals surface area contributed by atoms with Crippen molar-refractivity contribution < 1.29 is 9.52 Å². The summed E-state index contributed by atoms with van der Waals surface area (Å²) in [7, 11) is 0. The fraction of sp³-hybridized carbons (Fsp3) is 0.130. The maximum atomic E-state index is 13.4. The average molecular weight is 484 g/mol. The van der Waals surface area contributed by atoms with Gasteiger partial charge in [0.05, 0.1) is 5.69 Å². The molecular weight excluding hydrogens is 466 g/mol. The molecular formula is C23H18BrNO4S. The molecule has 2 heterocycles. The lowest BCUT2D eigenvalue weighted by molar-refractivity contribution is 0.445. The zero-order valence-electron chi connectivity index (χ0n) is 16.3. The van der Waals surface area contributed by atoms with Gasteiger partial charge in [0.1, 0.15) is 15.9 Å². The van der Waals surface area contributed by atoms with Gasteiger partial charge >= 0.3 is 5.63 Å². The Morgan fingerprint density at radius 2 is 1.77 bits per heavy atom. The van der Waals surface area contributed by atoms with Gasteiger partial charge in [-0.25, -0.2) is 4.79 Å². The highest BCUT2D eigenvalue weighted by Crippen LogP contribution is 2.37. The predicted octanol–water partition coefficient (Wildman–Crippen LogP) is 5.82. The van der Waals surface area contributed by atoms with Crippen LogP contribution < -0.4 is 11.2 Å².